The fourth-order valence-corrected chi connectivity index (χ4v) is 2.92. The lowest BCUT2D eigenvalue weighted by atomic mass is 10.0. The molecule has 3 rings (SSSR count). The molecular formula is C19H20FNO2. The lowest BCUT2D eigenvalue weighted by Crippen LogP contribution is -2.41. The van der Waals surface area contributed by atoms with E-state index in [2.05, 4.69) is 11.5 Å². The summed E-state index contributed by atoms with van der Waals surface area (Å²) < 4.78 is 19.4. The number of phenols is 1. The van der Waals surface area contributed by atoms with Gasteiger partial charge in [0.25, 0.3) is 0 Å². The van der Waals surface area contributed by atoms with E-state index in [1.807, 2.05) is 13.0 Å². The van der Waals surface area contributed by atoms with Crippen LogP contribution in [0, 0.1) is 5.82 Å². The quantitative estimate of drug-likeness (QED) is 0.869. The maximum Gasteiger partial charge on any atom is 0.143 e. The van der Waals surface area contributed by atoms with Gasteiger partial charge in [0, 0.05) is 19.0 Å². The maximum absolute atomic E-state index is 13.4. The van der Waals surface area contributed by atoms with E-state index in [1.54, 1.807) is 30.3 Å². The molecule has 0 saturated heterocycles. The predicted octanol–water partition coefficient (Wildman–Crippen LogP) is 3.92. The van der Waals surface area contributed by atoms with Crippen molar-refractivity contribution in [3.05, 3.63) is 66.0 Å². The van der Waals surface area contributed by atoms with Gasteiger partial charge in [0.1, 0.15) is 23.4 Å². The Morgan fingerprint density at radius 2 is 2.17 bits per heavy atom. The molecule has 0 fully saturated rings. The summed E-state index contributed by atoms with van der Waals surface area (Å²) in [5, 5.41) is 9.73. The van der Waals surface area contributed by atoms with Crippen LogP contribution in [0.25, 0.3) is 0 Å². The van der Waals surface area contributed by atoms with Crippen LogP contribution in [0.4, 0.5) is 10.1 Å². The molecule has 3 nitrogen and oxygen atoms in total. The third kappa shape index (κ3) is 3.65. The van der Waals surface area contributed by atoms with Crippen molar-refractivity contribution in [2.45, 2.75) is 19.4 Å². The molecule has 1 atom stereocenters. The Hall–Kier alpha value is -2.49. The summed E-state index contributed by atoms with van der Waals surface area (Å²) in [6.07, 6.45) is 0.554. The average Bonchev–Trinajstić information content (AvgIpc) is 2.47. The Kier molecular flexibility index (Phi) is 4.24. The van der Waals surface area contributed by atoms with Gasteiger partial charge in [-0.25, -0.2) is 4.39 Å². The molecule has 1 N–H and O–H groups in total. The number of nitrogens with zero attached hydrogens (tertiary/aromatic N) is 1. The highest BCUT2D eigenvalue weighted by Gasteiger charge is 2.26. The molecule has 1 heterocycles. The first-order valence-electron chi connectivity index (χ1n) is 7.65. The molecule has 0 spiro atoms. The van der Waals surface area contributed by atoms with Crippen molar-refractivity contribution < 1.29 is 14.2 Å². The lowest BCUT2D eigenvalue weighted by Gasteiger charge is -2.36. The van der Waals surface area contributed by atoms with Gasteiger partial charge >= 0.3 is 0 Å². The topological polar surface area (TPSA) is 32.7 Å². The van der Waals surface area contributed by atoms with Crippen molar-refractivity contribution in [1.82, 2.24) is 0 Å². The van der Waals surface area contributed by atoms with Crippen LogP contribution >= 0.6 is 0 Å². The first kappa shape index (κ1) is 15.4. The van der Waals surface area contributed by atoms with Crippen molar-refractivity contribution in [2.75, 3.05) is 18.0 Å². The summed E-state index contributed by atoms with van der Waals surface area (Å²) in [6, 6.07) is 11.7. The van der Waals surface area contributed by atoms with E-state index in [-0.39, 0.29) is 17.7 Å². The molecule has 1 unspecified atom stereocenters. The van der Waals surface area contributed by atoms with E-state index >= 15 is 0 Å². The van der Waals surface area contributed by atoms with Crippen LogP contribution in [0.5, 0.6) is 11.5 Å². The smallest absolute Gasteiger partial charge is 0.143 e. The Bertz CT molecular complexity index is 729. The van der Waals surface area contributed by atoms with Crippen molar-refractivity contribution >= 4 is 5.69 Å². The Labute approximate surface area is 135 Å². The number of halogens is 1. The molecule has 0 radical (unpaired) electrons. The van der Waals surface area contributed by atoms with Gasteiger partial charge in [-0.3, -0.25) is 0 Å². The Balaban J connectivity index is 1.84. The van der Waals surface area contributed by atoms with Crippen LogP contribution in [-0.2, 0) is 6.42 Å². The van der Waals surface area contributed by atoms with Gasteiger partial charge in [-0.1, -0.05) is 24.3 Å². The van der Waals surface area contributed by atoms with Crippen LogP contribution in [0.15, 0.2) is 54.6 Å². The summed E-state index contributed by atoms with van der Waals surface area (Å²) in [7, 11) is 0. The van der Waals surface area contributed by atoms with Gasteiger partial charge in [0.05, 0.1) is 12.2 Å². The largest absolute Gasteiger partial charge is 0.508 e. The molecule has 2 aromatic carbocycles. The van der Waals surface area contributed by atoms with Crippen molar-refractivity contribution in [2.24, 2.45) is 0 Å². The van der Waals surface area contributed by atoms with Crippen molar-refractivity contribution in [1.29, 1.82) is 0 Å². The molecule has 1 aliphatic rings. The average molecular weight is 313 g/mol. The zero-order chi connectivity index (χ0) is 16.4. The number of rotatable bonds is 4. The van der Waals surface area contributed by atoms with Gasteiger partial charge in [-0.2, -0.15) is 0 Å². The third-order valence-corrected chi connectivity index (χ3v) is 3.81. The molecule has 1 aliphatic heterocycles. The number of benzene rings is 2. The molecule has 0 bridgehead atoms. The Morgan fingerprint density at radius 3 is 2.91 bits per heavy atom. The lowest BCUT2D eigenvalue weighted by molar-refractivity contribution is 0.194. The minimum absolute atomic E-state index is 0.0757. The fourth-order valence-electron chi connectivity index (χ4n) is 2.92. The molecule has 23 heavy (non-hydrogen) atoms. The van der Waals surface area contributed by atoms with Crippen LogP contribution in [0.3, 0.4) is 0 Å². The van der Waals surface area contributed by atoms with E-state index in [9.17, 15) is 9.50 Å². The van der Waals surface area contributed by atoms with Gasteiger partial charge < -0.3 is 14.7 Å². The third-order valence-electron chi connectivity index (χ3n) is 3.81. The molecule has 0 aliphatic carbocycles. The maximum atomic E-state index is 13.4. The summed E-state index contributed by atoms with van der Waals surface area (Å²) in [5.74, 6) is 0.710. The zero-order valence-electron chi connectivity index (χ0n) is 13.1. The van der Waals surface area contributed by atoms with E-state index < -0.39 is 0 Å². The second-order valence-electron chi connectivity index (χ2n) is 6.06. The number of ether oxygens (including phenoxy) is 1. The normalized spacial score (nSPS) is 16.6. The fraction of sp³-hybridized carbons (Fsp3) is 0.263. The molecule has 4 heteroatoms. The highest BCUT2D eigenvalue weighted by molar-refractivity contribution is 5.63. The number of aromatic hydroxyl groups is 1. The second kappa shape index (κ2) is 6.32. The van der Waals surface area contributed by atoms with Gasteiger partial charge in [-0.15, -0.1) is 0 Å². The zero-order valence-corrected chi connectivity index (χ0v) is 13.1. The minimum Gasteiger partial charge on any atom is -0.508 e. The molecule has 0 aromatic heterocycles. The van der Waals surface area contributed by atoms with Crippen molar-refractivity contribution in [3.63, 3.8) is 0 Å². The molecular weight excluding hydrogens is 293 g/mol. The summed E-state index contributed by atoms with van der Waals surface area (Å²) in [6.45, 7) is 7.30. The van der Waals surface area contributed by atoms with E-state index in [0.29, 0.717) is 19.5 Å². The summed E-state index contributed by atoms with van der Waals surface area (Å²) in [5.41, 5.74) is 2.81. The first-order valence-corrected chi connectivity index (χ1v) is 7.65. The SMILES string of the molecule is C=C(C)CN1CC(Cc2cccc(F)c2)Oc2ccc(O)cc21. The molecule has 2 aromatic rings. The first-order chi connectivity index (χ1) is 11.0. The van der Waals surface area contributed by atoms with E-state index in [4.69, 9.17) is 4.74 Å². The van der Waals surface area contributed by atoms with Crippen LogP contribution in [-0.4, -0.2) is 24.3 Å². The van der Waals surface area contributed by atoms with Gasteiger partial charge in [0.15, 0.2) is 0 Å². The molecule has 0 amide bonds. The standard InChI is InChI=1S/C19H20FNO2/c1-13(2)11-21-12-17(9-14-4-3-5-15(20)8-14)23-19-7-6-16(22)10-18(19)21/h3-8,10,17,22H,1,9,11-12H2,2H3. The minimum atomic E-state index is -0.234. The van der Waals surface area contributed by atoms with Crippen LogP contribution in [0.2, 0.25) is 0 Å². The van der Waals surface area contributed by atoms with Crippen LogP contribution < -0.4 is 9.64 Å². The number of hydrogen-bond donors (Lipinski definition) is 1. The number of fused-ring (bicyclic) bond motifs is 1. The second-order valence-corrected chi connectivity index (χ2v) is 6.06. The monoisotopic (exact) mass is 313 g/mol. The predicted molar refractivity (Wildman–Crippen MR) is 89.7 cm³/mol. The van der Waals surface area contributed by atoms with E-state index in [1.165, 1.54) is 6.07 Å². The van der Waals surface area contributed by atoms with Crippen LogP contribution in [0.1, 0.15) is 12.5 Å². The number of phenolic OH excluding ortho intramolecular Hbond substituents is 1. The molecule has 0 saturated carbocycles. The summed E-state index contributed by atoms with van der Waals surface area (Å²) >= 11 is 0. The van der Waals surface area contributed by atoms with E-state index in [0.717, 1.165) is 22.6 Å². The Morgan fingerprint density at radius 1 is 1.35 bits per heavy atom. The number of hydrogen-bond acceptors (Lipinski definition) is 3. The molecule has 120 valence electrons. The van der Waals surface area contributed by atoms with Crippen molar-refractivity contribution in [3.8, 4) is 11.5 Å². The highest BCUT2D eigenvalue weighted by Crippen LogP contribution is 2.37. The number of anilines is 1. The van der Waals surface area contributed by atoms with Gasteiger partial charge in [-0.05, 0) is 36.8 Å². The van der Waals surface area contributed by atoms with Gasteiger partial charge in [0.2, 0.25) is 0 Å². The highest BCUT2D eigenvalue weighted by atomic mass is 19.1. The summed E-state index contributed by atoms with van der Waals surface area (Å²) in [4.78, 5) is 2.14.